The summed E-state index contributed by atoms with van der Waals surface area (Å²) in [5.41, 5.74) is -0.00906. The molecule has 1 aromatic rings. The molecule has 0 fully saturated rings. The number of rotatable bonds is 4. The summed E-state index contributed by atoms with van der Waals surface area (Å²) < 4.78 is 30.0. The van der Waals surface area contributed by atoms with Crippen LogP contribution in [0.4, 0.5) is 8.78 Å². The zero-order valence-corrected chi connectivity index (χ0v) is 10.5. The third-order valence-electron chi connectivity index (χ3n) is 2.22. The van der Waals surface area contributed by atoms with E-state index < -0.39 is 12.4 Å². The molecule has 0 unspecified atom stereocenters. The lowest BCUT2D eigenvalue weighted by atomic mass is 10.0. The summed E-state index contributed by atoms with van der Waals surface area (Å²) in [5.74, 6) is -0.539. The fraction of sp³-hybridized carbons (Fsp3) is 0.333. The van der Waals surface area contributed by atoms with Crippen molar-refractivity contribution in [2.75, 3.05) is 6.61 Å². The van der Waals surface area contributed by atoms with Crippen molar-refractivity contribution in [2.24, 2.45) is 0 Å². The van der Waals surface area contributed by atoms with Crippen molar-refractivity contribution >= 4 is 18.6 Å². The molecule has 0 aliphatic heterocycles. The zero-order chi connectivity index (χ0) is 13.7. The molecule has 0 heterocycles. The smallest absolute Gasteiger partial charge is 0.310 e. The average molecular weight is 271 g/mol. The Kier molecular flexibility index (Phi) is 5.10. The van der Waals surface area contributed by atoms with E-state index in [1.807, 2.05) is 0 Å². The number of alkyl halides is 2. The number of nitrogens with zero attached hydrogens (tertiary/aromatic N) is 1. The Hall–Kier alpha value is -1.61. The lowest BCUT2D eigenvalue weighted by Crippen LogP contribution is -2.09. The van der Waals surface area contributed by atoms with Gasteiger partial charge >= 0.3 is 5.97 Å². The summed E-state index contributed by atoms with van der Waals surface area (Å²) in [5, 5.41) is 8.83. The summed E-state index contributed by atoms with van der Waals surface area (Å²) in [4.78, 5) is 11.6. The molecule has 0 spiro atoms. The first-order valence-electron chi connectivity index (χ1n) is 5.19. The van der Waals surface area contributed by atoms with Crippen LogP contribution < -0.4 is 0 Å². The normalized spacial score (nSPS) is 10.2. The molecular formula is C12H11F2NO2S. The van der Waals surface area contributed by atoms with Gasteiger partial charge in [-0.15, -0.1) is 12.6 Å². The lowest BCUT2D eigenvalue weighted by Gasteiger charge is -2.09. The predicted molar refractivity (Wildman–Crippen MR) is 63.7 cm³/mol. The van der Waals surface area contributed by atoms with Gasteiger partial charge in [-0.2, -0.15) is 5.26 Å². The van der Waals surface area contributed by atoms with E-state index in [0.29, 0.717) is 0 Å². The Labute approximate surface area is 109 Å². The molecule has 0 atom stereocenters. The van der Waals surface area contributed by atoms with E-state index in [-0.39, 0.29) is 34.6 Å². The van der Waals surface area contributed by atoms with Gasteiger partial charge in [0, 0.05) is 10.5 Å². The van der Waals surface area contributed by atoms with Crippen LogP contribution in [0.1, 0.15) is 30.0 Å². The van der Waals surface area contributed by atoms with E-state index in [9.17, 15) is 13.6 Å². The molecule has 1 aromatic carbocycles. The van der Waals surface area contributed by atoms with E-state index in [1.165, 1.54) is 6.07 Å². The first-order chi connectivity index (χ1) is 8.49. The molecule has 1 rings (SSSR count). The highest BCUT2D eigenvalue weighted by Crippen LogP contribution is 2.27. The molecule has 0 aliphatic rings. The molecule has 18 heavy (non-hydrogen) atoms. The SMILES string of the molecule is CCOC(=O)Cc1cc(C(F)F)cc(C#N)c1S. The minimum absolute atomic E-state index is 0.0235. The molecule has 0 N–H and O–H groups in total. The maximum atomic E-state index is 12.6. The molecule has 0 amide bonds. The van der Waals surface area contributed by atoms with Gasteiger partial charge in [0.25, 0.3) is 6.43 Å². The molecule has 0 aromatic heterocycles. The largest absolute Gasteiger partial charge is 0.466 e. The van der Waals surface area contributed by atoms with Crippen molar-refractivity contribution in [3.63, 3.8) is 0 Å². The summed E-state index contributed by atoms with van der Waals surface area (Å²) in [6, 6.07) is 4.02. The minimum Gasteiger partial charge on any atom is -0.466 e. The van der Waals surface area contributed by atoms with Crippen LogP contribution in [-0.4, -0.2) is 12.6 Å². The van der Waals surface area contributed by atoms with Gasteiger partial charge in [-0.1, -0.05) is 0 Å². The average Bonchev–Trinajstić information content (AvgIpc) is 2.31. The maximum Gasteiger partial charge on any atom is 0.310 e. The highest BCUT2D eigenvalue weighted by Gasteiger charge is 2.16. The van der Waals surface area contributed by atoms with Gasteiger partial charge in [-0.05, 0) is 24.6 Å². The van der Waals surface area contributed by atoms with Crippen molar-refractivity contribution in [2.45, 2.75) is 24.7 Å². The van der Waals surface area contributed by atoms with Crippen LogP contribution in [-0.2, 0) is 16.0 Å². The molecule has 0 saturated heterocycles. The number of thiol groups is 1. The molecule has 0 radical (unpaired) electrons. The Morgan fingerprint density at radius 1 is 1.56 bits per heavy atom. The van der Waals surface area contributed by atoms with Gasteiger partial charge < -0.3 is 4.74 Å². The first-order valence-corrected chi connectivity index (χ1v) is 5.64. The van der Waals surface area contributed by atoms with Gasteiger partial charge in [0.05, 0.1) is 18.6 Å². The van der Waals surface area contributed by atoms with Crippen molar-refractivity contribution in [1.82, 2.24) is 0 Å². The Morgan fingerprint density at radius 3 is 2.72 bits per heavy atom. The molecular weight excluding hydrogens is 260 g/mol. The van der Waals surface area contributed by atoms with Crippen LogP contribution >= 0.6 is 12.6 Å². The Morgan fingerprint density at radius 2 is 2.22 bits per heavy atom. The molecule has 0 bridgehead atoms. The number of nitriles is 1. The highest BCUT2D eigenvalue weighted by molar-refractivity contribution is 7.80. The molecule has 6 heteroatoms. The number of esters is 1. The van der Waals surface area contributed by atoms with Gasteiger partial charge in [-0.3, -0.25) is 4.79 Å². The number of hydrogen-bond acceptors (Lipinski definition) is 4. The maximum absolute atomic E-state index is 12.6. The first kappa shape index (κ1) is 14.5. The fourth-order valence-electron chi connectivity index (χ4n) is 1.43. The number of carbonyl (C=O) groups is 1. The Bertz CT molecular complexity index is 498. The number of hydrogen-bond donors (Lipinski definition) is 1. The minimum atomic E-state index is -2.70. The summed E-state index contributed by atoms with van der Waals surface area (Å²) >= 11 is 4.07. The number of halogens is 2. The van der Waals surface area contributed by atoms with E-state index in [0.717, 1.165) is 6.07 Å². The zero-order valence-electron chi connectivity index (χ0n) is 9.61. The second-order valence-electron chi connectivity index (χ2n) is 3.47. The number of ether oxygens (including phenoxy) is 1. The van der Waals surface area contributed by atoms with Crippen molar-refractivity contribution in [1.29, 1.82) is 5.26 Å². The predicted octanol–water partition coefficient (Wildman–Crippen LogP) is 2.89. The van der Waals surface area contributed by atoms with Crippen LogP contribution in [0.15, 0.2) is 17.0 Å². The fourth-order valence-corrected chi connectivity index (χ4v) is 1.69. The highest BCUT2D eigenvalue weighted by atomic mass is 32.1. The molecule has 0 saturated carbocycles. The van der Waals surface area contributed by atoms with E-state index in [2.05, 4.69) is 12.6 Å². The van der Waals surface area contributed by atoms with Crippen molar-refractivity contribution < 1.29 is 18.3 Å². The molecule has 0 aliphatic carbocycles. The lowest BCUT2D eigenvalue weighted by molar-refractivity contribution is -0.142. The van der Waals surface area contributed by atoms with Gasteiger partial charge in [0.15, 0.2) is 0 Å². The van der Waals surface area contributed by atoms with Crippen LogP contribution in [0, 0.1) is 11.3 Å². The van der Waals surface area contributed by atoms with Gasteiger partial charge in [0.1, 0.15) is 6.07 Å². The van der Waals surface area contributed by atoms with Gasteiger partial charge in [-0.25, -0.2) is 8.78 Å². The second kappa shape index (κ2) is 6.36. The monoisotopic (exact) mass is 271 g/mol. The standard InChI is InChI=1S/C12H11F2NO2S/c1-2-17-10(16)5-7-3-8(12(13)14)4-9(6-15)11(7)18/h3-4,12,18H,2,5H2,1H3. The third kappa shape index (κ3) is 3.44. The number of carbonyl (C=O) groups excluding carboxylic acids is 1. The van der Waals surface area contributed by atoms with Crippen LogP contribution in [0.5, 0.6) is 0 Å². The van der Waals surface area contributed by atoms with E-state index >= 15 is 0 Å². The van der Waals surface area contributed by atoms with E-state index in [1.54, 1.807) is 13.0 Å². The van der Waals surface area contributed by atoms with Crippen LogP contribution in [0.2, 0.25) is 0 Å². The summed E-state index contributed by atoms with van der Waals surface area (Å²) in [6.07, 6.45) is -2.88. The third-order valence-corrected chi connectivity index (χ3v) is 2.75. The van der Waals surface area contributed by atoms with Crippen LogP contribution in [0.3, 0.4) is 0 Å². The topological polar surface area (TPSA) is 50.1 Å². The van der Waals surface area contributed by atoms with Crippen LogP contribution in [0.25, 0.3) is 0 Å². The molecule has 3 nitrogen and oxygen atoms in total. The Balaban J connectivity index is 3.14. The van der Waals surface area contributed by atoms with Crippen molar-refractivity contribution in [3.05, 3.63) is 28.8 Å². The quantitative estimate of drug-likeness (QED) is 0.676. The number of benzene rings is 1. The second-order valence-corrected chi connectivity index (χ2v) is 3.92. The summed E-state index contributed by atoms with van der Waals surface area (Å²) in [6.45, 7) is 1.86. The van der Waals surface area contributed by atoms with E-state index in [4.69, 9.17) is 10.00 Å². The summed E-state index contributed by atoms with van der Waals surface area (Å²) in [7, 11) is 0. The molecule has 96 valence electrons. The van der Waals surface area contributed by atoms with Crippen molar-refractivity contribution in [3.8, 4) is 6.07 Å². The van der Waals surface area contributed by atoms with Gasteiger partial charge in [0.2, 0.25) is 0 Å².